The van der Waals surface area contributed by atoms with Crippen LogP contribution in [-0.2, 0) is 19.6 Å². The number of carbonyl (C=O) groups is 2. The highest BCUT2D eigenvalue weighted by molar-refractivity contribution is 7.89. The molecule has 1 aromatic heterocycles. The number of rotatable bonds is 7. The molecule has 0 bridgehead atoms. The Balaban J connectivity index is 1.80. The van der Waals surface area contributed by atoms with Gasteiger partial charge < -0.3 is 19.5 Å². The minimum Gasteiger partial charge on any atom is -0.452 e. The van der Waals surface area contributed by atoms with Crippen molar-refractivity contribution in [3.05, 3.63) is 35.6 Å². The zero-order valence-electron chi connectivity index (χ0n) is 17.0. The van der Waals surface area contributed by atoms with Gasteiger partial charge in [0, 0.05) is 33.3 Å². The van der Waals surface area contributed by atoms with Crippen LogP contribution in [0.25, 0.3) is 0 Å². The summed E-state index contributed by atoms with van der Waals surface area (Å²) in [5.74, 6) is -0.627. The summed E-state index contributed by atoms with van der Waals surface area (Å²) < 4.78 is 36.1. The van der Waals surface area contributed by atoms with Crippen molar-refractivity contribution in [1.29, 1.82) is 0 Å². The van der Waals surface area contributed by atoms with Crippen LogP contribution in [0.2, 0.25) is 0 Å². The molecule has 0 radical (unpaired) electrons. The number of nitrogens with zero attached hydrogens (tertiary/aromatic N) is 3. The van der Waals surface area contributed by atoms with Crippen molar-refractivity contribution >= 4 is 33.4 Å². The van der Waals surface area contributed by atoms with Gasteiger partial charge in [-0.1, -0.05) is 5.16 Å². The third-order valence-corrected chi connectivity index (χ3v) is 6.45. The minimum atomic E-state index is -3.73. The molecule has 30 heavy (non-hydrogen) atoms. The van der Waals surface area contributed by atoms with Gasteiger partial charge in [-0.25, -0.2) is 17.5 Å². The molecule has 1 aliphatic heterocycles. The largest absolute Gasteiger partial charge is 0.452 e. The smallest absolute Gasteiger partial charge is 0.340 e. The highest BCUT2D eigenvalue weighted by atomic mass is 32.2. The molecule has 2 heterocycles. The molecule has 3 rings (SSSR count). The first-order chi connectivity index (χ1) is 14.2. The van der Waals surface area contributed by atoms with E-state index in [1.165, 1.54) is 32.3 Å². The Kier molecular flexibility index (Phi) is 6.42. The number of esters is 1. The van der Waals surface area contributed by atoms with Crippen LogP contribution in [-0.4, -0.2) is 63.5 Å². The number of aryl methyl sites for hydroxylation is 1. The summed E-state index contributed by atoms with van der Waals surface area (Å²) >= 11 is 0. The number of benzene rings is 1. The third kappa shape index (κ3) is 4.79. The lowest BCUT2D eigenvalue weighted by Gasteiger charge is -2.22. The van der Waals surface area contributed by atoms with E-state index in [1.807, 2.05) is 4.90 Å². The number of sulfonamides is 1. The van der Waals surface area contributed by atoms with Crippen LogP contribution in [0.1, 0.15) is 29.0 Å². The van der Waals surface area contributed by atoms with Gasteiger partial charge in [-0.15, -0.1) is 0 Å². The van der Waals surface area contributed by atoms with E-state index in [0.29, 0.717) is 11.4 Å². The maximum Gasteiger partial charge on any atom is 0.340 e. The fourth-order valence-corrected chi connectivity index (χ4v) is 4.03. The molecule has 10 nitrogen and oxygen atoms in total. The summed E-state index contributed by atoms with van der Waals surface area (Å²) in [4.78, 5) is 26.8. The van der Waals surface area contributed by atoms with Gasteiger partial charge in [-0.3, -0.25) is 4.79 Å². The molecular weight excluding hydrogens is 412 g/mol. The molecule has 2 aromatic rings. The Labute approximate surface area is 174 Å². The zero-order chi connectivity index (χ0) is 21.9. The maximum atomic E-state index is 12.8. The summed E-state index contributed by atoms with van der Waals surface area (Å²) in [6.07, 6.45) is 1.96. The molecule has 1 aromatic carbocycles. The number of aromatic nitrogens is 1. The summed E-state index contributed by atoms with van der Waals surface area (Å²) in [5, 5.41) is 6.09. The number of nitrogens with one attached hydrogen (secondary N) is 1. The second-order valence-corrected chi connectivity index (χ2v) is 9.26. The molecule has 0 saturated carbocycles. The molecule has 0 unspecified atom stereocenters. The average Bonchev–Trinajstić information content (AvgIpc) is 3.37. The van der Waals surface area contributed by atoms with E-state index in [-0.39, 0.29) is 16.3 Å². The Hall–Kier alpha value is -2.92. The fraction of sp³-hybridized carbons (Fsp3) is 0.421. The first-order valence-electron chi connectivity index (χ1n) is 9.40. The molecular formula is C19H24N4O6S. The van der Waals surface area contributed by atoms with Gasteiger partial charge >= 0.3 is 5.97 Å². The second-order valence-electron chi connectivity index (χ2n) is 7.11. The lowest BCUT2D eigenvalue weighted by Crippen LogP contribution is -2.26. The molecule has 11 heteroatoms. The third-order valence-electron chi connectivity index (χ3n) is 4.64. The number of carbonyl (C=O) groups excluding carboxylic acids is 2. The minimum absolute atomic E-state index is 0.0232. The lowest BCUT2D eigenvalue weighted by atomic mass is 10.1. The number of hydrogen-bond donors (Lipinski definition) is 1. The Morgan fingerprint density at radius 1 is 1.23 bits per heavy atom. The Bertz CT molecular complexity index is 1040. The number of amides is 1. The van der Waals surface area contributed by atoms with E-state index in [9.17, 15) is 18.0 Å². The first-order valence-corrected chi connectivity index (χ1v) is 10.8. The van der Waals surface area contributed by atoms with E-state index < -0.39 is 28.5 Å². The highest BCUT2D eigenvalue weighted by Gasteiger charge is 2.25. The van der Waals surface area contributed by atoms with Crippen molar-refractivity contribution in [3.8, 4) is 0 Å². The molecule has 1 fully saturated rings. The Morgan fingerprint density at radius 2 is 1.93 bits per heavy atom. The average molecular weight is 436 g/mol. The first kappa shape index (κ1) is 21.8. The predicted molar refractivity (Wildman–Crippen MR) is 109 cm³/mol. The lowest BCUT2D eigenvalue weighted by molar-refractivity contribution is -0.119. The van der Waals surface area contributed by atoms with Crippen molar-refractivity contribution in [3.63, 3.8) is 0 Å². The number of anilines is 2. The van der Waals surface area contributed by atoms with E-state index in [0.717, 1.165) is 30.2 Å². The molecule has 1 aliphatic rings. The topological polar surface area (TPSA) is 122 Å². The van der Waals surface area contributed by atoms with Gasteiger partial charge in [0.05, 0.1) is 16.1 Å². The monoisotopic (exact) mass is 436 g/mol. The number of ether oxygens (including phenoxy) is 1. The van der Waals surface area contributed by atoms with E-state index >= 15 is 0 Å². The van der Waals surface area contributed by atoms with Gasteiger partial charge in [0.1, 0.15) is 5.76 Å². The second kappa shape index (κ2) is 8.84. The summed E-state index contributed by atoms with van der Waals surface area (Å²) in [5.41, 5.74) is 0.688. The maximum absolute atomic E-state index is 12.8. The quantitative estimate of drug-likeness (QED) is 0.650. The van der Waals surface area contributed by atoms with Crippen molar-refractivity contribution < 1.29 is 27.3 Å². The van der Waals surface area contributed by atoms with E-state index in [1.54, 1.807) is 13.0 Å². The SMILES string of the molecule is Cc1cc(NC(=O)COC(=O)c2cc(S(=O)(=O)N(C)C)ccc2N2CCCC2)no1. The summed E-state index contributed by atoms with van der Waals surface area (Å²) in [7, 11) is -0.905. The van der Waals surface area contributed by atoms with E-state index in [4.69, 9.17) is 9.26 Å². The van der Waals surface area contributed by atoms with Crippen molar-refractivity contribution in [2.45, 2.75) is 24.7 Å². The van der Waals surface area contributed by atoms with Crippen LogP contribution in [0.15, 0.2) is 33.7 Å². The summed E-state index contributed by atoms with van der Waals surface area (Å²) in [6.45, 7) is 2.64. The van der Waals surface area contributed by atoms with Crippen LogP contribution in [0, 0.1) is 6.92 Å². The van der Waals surface area contributed by atoms with Gasteiger partial charge in [-0.2, -0.15) is 0 Å². The zero-order valence-corrected chi connectivity index (χ0v) is 17.9. The van der Waals surface area contributed by atoms with Crippen LogP contribution in [0.3, 0.4) is 0 Å². The molecule has 0 aliphatic carbocycles. The fourth-order valence-electron chi connectivity index (χ4n) is 3.10. The van der Waals surface area contributed by atoms with Crippen LogP contribution >= 0.6 is 0 Å². The number of hydrogen-bond acceptors (Lipinski definition) is 8. The predicted octanol–water partition coefficient (Wildman–Crippen LogP) is 1.63. The van der Waals surface area contributed by atoms with Gasteiger partial charge in [-0.05, 0) is 38.0 Å². The molecule has 0 spiro atoms. The molecule has 0 atom stereocenters. The van der Waals surface area contributed by atoms with Gasteiger partial charge in [0.2, 0.25) is 10.0 Å². The van der Waals surface area contributed by atoms with E-state index in [2.05, 4.69) is 10.5 Å². The van der Waals surface area contributed by atoms with Crippen LogP contribution < -0.4 is 10.2 Å². The van der Waals surface area contributed by atoms with Crippen LogP contribution in [0.5, 0.6) is 0 Å². The van der Waals surface area contributed by atoms with Gasteiger partial charge in [0.25, 0.3) is 5.91 Å². The standard InChI is InChI=1S/C19H24N4O6S/c1-13-10-17(21-29-13)20-18(24)12-28-19(25)15-11-14(30(26,27)22(2)3)6-7-16(15)23-8-4-5-9-23/h6-7,10-11H,4-5,8-9,12H2,1-3H3,(H,20,21,24). The van der Waals surface area contributed by atoms with Crippen molar-refractivity contribution in [2.75, 3.05) is 44.0 Å². The molecule has 1 N–H and O–H groups in total. The van der Waals surface area contributed by atoms with Crippen molar-refractivity contribution in [1.82, 2.24) is 9.46 Å². The Morgan fingerprint density at radius 3 is 2.53 bits per heavy atom. The molecule has 1 saturated heterocycles. The molecule has 1 amide bonds. The van der Waals surface area contributed by atoms with Crippen molar-refractivity contribution in [2.24, 2.45) is 0 Å². The summed E-state index contributed by atoms with van der Waals surface area (Å²) in [6, 6.07) is 5.90. The molecule has 162 valence electrons. The highest BCUT2D eigenvalue weighted by Crippen LogP contribution is 2.28. The normalized spacial score (nSPS) is 14.2. The van der Waals surface area contributed by atoms with Crippen LogP contribution in [0.4, 0.5) is 11.5 Å². The van der Waals surface area contributed by atoms with Gasteiger partial charge in [0.15, 0.2) is 12.4 Å².